The number of phenolic OH excluding ortho intramolecular Hbond substituents is 1. The minimum atomic E-state index is -3.42. The zero-order valence-electron chi connectivity index (χ0n) is 12.8. The first-order valence-corrected chi connectivity index (χ1v) is 8.59. The molecule has 1 aromatic rings. The van der Waals surface area contributed by atoms with Crippen molar-refractivity contribution in [2.75, 3.05) is 33.1 Å². The first-order valence-electron chi connectivity index (χ1n) is 6.98. The van der Waals surface area contributed by atoms with Gasteiger partial charge in [0.1, 0.15) is 0 Å². The number of carbonyl (C=O) groups excluding carboxylic acids is 1. The summed E-state index contributed by atoms with van der Waals surface area (Å²) < 4.78 is 43.6. The summed E-state index contributed by atoms with van der Waals surface area (Å²) in [6.07, 6.45) is 0. The normalized spacial score (nSPS) is 21.6. The average Bonchev–Trinajstić information content (AvgIpc) is 2.88. The number of benzene rings is 1. The van der Waals surface area contributed by atoms with E-state index in [9.17, 15) is 17.6 Å². The van der Waals surface area contributed by atoms with E-state index in [1.165, 1.54) is 20.2 Å². The highest BCUT2D eigenvalue weighted by Crippen LogP contribution is 2.19. The van der Waals surface area contributed by atoms with Gasteiger partial charge >= 0.3 is 0 Å². The molecule has 1 saturated heterocycles. The Morgan fingerprint density at radius 1 is 1.43 bits per heavy atom. The number of rotatable bonds is 5. The number of amides is 1. The van der Waals surface area contributed by atoms with Crippen molar-refractivity contribution in [3.8, 4) is 5.75 Å². The van der Waals surface area contributed by atoms with Gasteiger partial charge in [-0.15, -0.1) is 0 Å². The molecular formula is C14H19FN2O5S. The SMILES string of the molecule is CN(C)S(=O)(=O)C[C@@H]1COC[C@H]1NC(=O)c1ccc(O)c(F)c1. The molecule has 23 heavy (non-hydrogen) atoms. The Morgan fingerprint density at radius 3 is 2.74 bits per heavy atom. The second-order valence-corrected chi connectivity index (χ2v) is 7.83. The number of nitrogens with zero attached hydrogens (tertiary/aromatic N) is 1. The second kappa shape index (κ2) is 6.81. The fourth-order valence-electron chi connectivity index (χ4n) is 2.24. The smallest absolute Gasteiger partial charge is 0.251 e. The molecule has 1 heterocycles. The van der Waals surface area contributed by atoms with Crippen molar-refractivity contribution in [2.45, 2.75) is 6.04 Å². The Morgan fingerprint density at radius 2 is 2.13 bits per heavy atom. The Bertz CT molecular complexity index is 692. The lowest BCUT2D eigenvalue weighted by atomic mass is 10.1. The number of nitrogens with one attached hydrogen (secondary N) is 1. The first kappa shape index (κ1) is 17.6. The number of phenols is 1. The van der Waals surface area contributed by atoms with Crippen LogP contribution in [0.3, 0.4) is 0 Å². The summed E-state index contributed by atoms with van der Waals surface area (Å²) in [5.74, 6) is -2.51. The zero-order valence-corrected chi connectivity index (χ0v) is 13.6. The number of hydrogen-bond acceptors (Lipinski definition) is 5. The standard InChI is InChI=1S/C14H19FN2O5S/c1-17(2)23(20,21)8-10-6-22-7-12(10)16-14(19)9-3-4-13(18)11(15)5-9/h3-5,10,12,18H,6-8H2,1-2H3,(H,16,19)/t10-,12+/m0/s1. The lowest BCUT2D eigenvalue weighted by Gasteiger charge is -2.21. The molecular weight excluding hydrogens is 327 g/mol. The molecule has 0 unspecified atom stereocenters. The monoisotopic (exact) mass is 346 g/mol. The largest absolute Gasteiger partial charge is 0.505 e. The summed E-state index contributed by atoms with van der Waals surface area (Å²) >= 11 is 0. The first-order chi connectivity index (χ1) is 10.7. The molecule has 0 saturated carbocycles. The van der Waals surface area contributed by atoms with Crippen LogP contribution in [0.15, 0.2) is 18.2 Å². The van der Waals surface area contributed by atoms with Crippen LogP contribution >= 0.6 is 0 Å². The third-order valence-electron chi connectivity index (χ3n) is 3.71. The van der Waals surface area contributed by atoms with Crippen LogP contribution in [0.1, 0.15) is 10.4 Å². The molecule has 1 aromatic carbocycles. The van der Waals surface area contributed by atoms with Crippen LogP contribution in [-0.4, -0.2) is 62.8 Å². The van der Waals surface area contributed by atoms with Crippen molar-refractivity contribution in [3.05, 3.63) is 29.6 Å². The van der Waals surface area contributed by atoms with E-state index in [0.717, 1.165) is 16.4 Å². The third-order valence-corrected chi connectivity index (χ3v) is 5.67. The van der Waals surface area contributed by atoms with Crippen molar-refractivity contribution in [2.24, 2.45) is 5.92 Å². The zero-order chi connectivity index (χ0) is 17.2. The van der Waals surface area contributed by atoms with E-state index in [2.05, 4.69) is 5.32 Å². The Kier molecular flexibility index (Phi) is 5.23. The van der Waals surface area contributed by atoms with Crippen LogP contribution in [0, 0.1) is 11.7 Å². The Labute approximate surface area is 134 Å². The van der Waals surface area contributed by atoms with E-state index in [1.54, 1.807) is 0 Å². The Hall–Kier alpha value is -1.71. The van der Waals surface area contributed by atoms with Gasteiger partial charge in [-0.2, -0.15) is 0 Å². The fraction of sp³-hybridized carbons (Fsp3) is 0.500. The number of halogens is 1. The molecule has 2 N–H and O–H groups in total. The van der Waals surface area contributed by atoms with Gasteiger partial charge in [0.25, 0.3) is 5.91 Å². The topological polar surface area (TPSA) is 95.9 Å². The average molecular weight is 346 g/mol. The maximum Gasteiger partial charge on any atom is 0.251 e. The number of aromatic hydroxyl groups is 1. The molecule has 1 fully saturated rings. The number of ether oxygens (including phenoxy) is 1. The number of hydrogen-bond donors (Lipinski definition) is 2. The van der Waals surface area contributed by atoms with Crippen LogP contribution in [0.2, 0.25) is 0 Å². The highest BCUT2D eigenvalue weighted by Gasteiger charge is 2.34. The van der Waals surface area contributed by atoms with E-state index < -0.39 is 33.5 Å². The Balaban J connectivity index is 2.06. The van der Waals surface area contributed by atoms with E-state index in [0.29, 0.717) is 0 Å². The quantitative estimate of drug-likeness (QED) is 0.792. The van der Waals surface area contributed by atoms with Crippen LogP contribution < -0.4 is 5.32 Å². The molecule has 1 amide bonds. The molecule has 0 radical (unpaired) electrons. The maximum atomic E-state index is 13.3. The van der Waals surface area contributed by atoms with Gasteiger partial charge in [-0.1, -0.05) is 0 Å². The number of carbonyl (C=O) groups is 1. The summed E-state index contributed by atoms with van der Waals surface area (Å²) in [6, 6.07) is 2.82. The summed E-state index contributed by atoms with van der Waals surface area (Å²) in [6.45, 7) is 0.419. The molecule has 7 nitrogen and oxygen atoms in total. The van der Waals surface area contributed by atoms with Gasteiger partial charge in [0.2, 0.25) is 10.0 Å². The van der Waals surface area contributed by atoms with Crippen molar-refractivity contribution in [3.63, 3.8) is 0 Å². The molecule has 0 aliphatic carbocycles. The molecule has 9 heteroatoms. The maximum absolute atomic E-state index is 13.3. The molecule has 2 rings (SSSR count). The van der Waals surface area contributed by atoms with Gasteiger partial charge in [-0.3, -0.25) is 4.79 Å². The fourth-order valence-corrected chi connectivity index (χ4v) is 3.41. The molecule has 0 aromatic heterocycles. The minimum Gasteiger partial charge on any atom is -0.505 e. The molecule has 0 bridgehead atoms. The van der Waals surface area contributed by atoms with Crippen LogP contribution in [0.5, 0.6) is 5.75 Å². The predicted molar refractivity (Wildman–Crippen MR) is 81.1 cm³/mol. The van der Waals surface area contributed by atoms with E-state index in [1.807, 2.05) is 0 Å². The molecule has 128 valence electrons. The lowest BCUT2D eigenvalue weighted by Crippen LogP contribution is -2.43. The summed E-state index contributed by atoms with van der Waals surface area (Å²) in [7, 11) is -0.534. The van der Waals surface area contributed by atoms with Gasteiger partial charge in [-0.05, 0) is 18.2 Å². The van der Waals surface area contributed by atoms with Gasteiger partial charge in [0.05, 0.1) is 25.0 Å². The highest BCUT2D eigenvalue weighted by atomic mass is 32.2. The lowest BCUT2D eigenvalue weighted by molar-refractivity contribution is 0.0925. The van der Waals surface area contributed by atoms with E-state index >= 15 is 0 Å². The van der Waals surface area contributed by atoms with Crippen molar-refractivity contribution < 1.29 is 27.4 Å². The van der Waals surface area contributed by atoms with Gasteiger partial charge in [0.15, 0.2) is 11.6 Å². The van der Waals surface area contributed by atoms with Gasteiger partial charge in [0, 0.05) is 25.6 Å². The van der Waals surface area contributed by atoms with E-state index in [4.69, 9.17) is 9.84 Å². The number of sulfonamides is 1. The van der Waals surface area contributed by atoms with Crippen LogP contribution in [-0.2, 0) is 14.8 Å². The minimum absolute atomic E-state index is 0.0430. The third kappa shape index (κ3) is 4.18. The highest BCUT2D eigenvalue weighted by molar-refractivity contribution is 7.89. The molecule has 1 aliphatic heterocycles. The van der Waals surface area contributed by atoms with Gasteiger partial charge in [-0.25, -0.2) is 17.1 Å². The molecule has 1 aliphatic rings. The molecule has 0 spiro atoms. The summed E-state index contributed by atoms with van der Waals surface area (Å²) in [5, 5.41) is 11.8. The van der Waals surface area contributed by atoms with Gasteiger partial charge < -0.3 is 15.2 Å². The van der Waals surface area contributed by atoms with Crippen molar-refractivity contribution >= 4 is 15.9 Å². The molecule has 2 atom stereocenters. The predicted octanol–water partition coefficient (Wildman–Crippen LogP) is 0.168. The summed E-state index contributed by atoms with van der Waals surface area (Å²) in [4.78, 5) is 12.1. The van der Waals surface area contributed by atoms with Crippen LogP contribution in [0.25, 0.3) is 0 Å². The summed E-state index contributed by atoms with van der Waals surface area (Å²) in [5.41, 5.74) is 0.0430. The second-order valence-electron chi connectivity index (χ2n) is 5.60. The van der Waals surface area contributed by atoms with Crippen molar-refractivity contribution in [1.82, 2.24) is 9.62 Å². The van der Waals surface area contributed by atoms with Crippen molar-refractivity contribution in [1.29, 1.82) is 0 Å². The van der Waals surface area contributed by atoms with Crippen LogP contribution in [0.4, 0.5) is 4.39 Å². The van der Waals surface area contributed by atoms with E-state index in [-0.39, 0.29) is 30.4 Å².